The first-order chi connectivity index (χ1) is 7.50. The Bertz CT molecular complexity index is 338. The van der Waals surface area contributed by atoms with Crippen LogP contribution in [-0.4, -0.2) is 16.8 Å². The zero-order valence-corrected chi connectivity index (χ0v) is 11.3. The van der Waals surface area contributed by atoms with Crippen LogP contribution in [0.3, 0.4) is 0 Å². The third kappa shape index (κ3) is 4.01. The molecular weight excluding hydrogens is 216 g/mol. The summed E-state index contributed by atoms with van der Waals surface area (Å²) in [5, 5.41) is 0.513. The Morgan fingerprint density at radius 1 is 1.12 bits per heavy atom. The molecule has 0 aliphatic carbocycles. The quantitative estimate of drug-likeness (QED) is 0.715. The second kappa shape index (κ2) is 6.09. The van der Waals surface area contributed by atoms with E-state index in [-0.39, 0.29) is 5.78 Å². The van der Waals surface area contributed by atoms with Gasteiger partial charge in [-0.3, -0.25) is 4.79 Å². The molecule has 0 aromatic heterocycles. The topological polar surface area (TPSA) is 17.1 Å². The van der Waals surface area contributed by atoms with Gasteiger partial charge in [-0.05, 0) is 16.7 Å². The maximum atomic E-state index is 11.8. The van der Waals surface area contributed by atoms with Crippen LogP contribution in [0.4, 0.5) is 0 Å². The number of carbonyl (C=O) groups is 1. The summed E-state index contributed by atoms with van der Waals surface area (Å²) in [6.45, 7) is 8.54. The lowest BCUT2D eigenvalue weighted by atomic mass is 10.0. The second-order valence-corrected chi connectivity index (χ2v) is 6.12. The Hall–Kier alpha value is -0.760. The van der Waals surface area contributed by atoms with Crippen molar-refractivity contribution in [2.24, 2.45) is 0 Å². The van der Waals surface area contributed by atoms with E-state index in [1.54, 1.807) is 11.8 Å². The van der Waals surface area contributed by atoms with Crippen LogP contribution in [-0.2, 0) is 0 Å². The molecule has 0 aliphatic rings. The molecule has 1 nitrogen and oxygen atoms in total. The molecule has 0 N–H and O–H groups in total. The molecule has 1 aromatic rings. The van der Waals surface area contributed by atoms with Crippen molar-refractivity contribution >= 4 is 17.5 Å². The molecule has 0 fully saturated rings. The van der Waals surface area contributed by atoms with Gasteiger partial charge in [0.2, 0.25) is 0 Å². The molecule has 0 bridgehead atoms. The number of hydrogen-bond donors (Lipinski definition) is 0. The van der Waals surface area contributed by atoms with Gasteiger partial charge >= 0.3 is 0 Å². The van der Waals surface area contributed by atoms with Crippen molar-refractivity contribution in [3.8, 4) is 0 Å². The molecule has 0 aliphatic heterocycles. The normalized spacial score (nSPS) is 11.1. The van der Waals surface area contributed by atoms with Gasteiger partial charge in [0.25, 0.3) is 0 Å². The van der Waals surface area contributed by atoms with Crippen molar-refractivity contribution in [1.82, 2.24) is 0 Å². The molecule has 0 unspecified atom stereocenters. The minimum Gasteiger partial charge on any atom is -0.293 e. The first-order valence-electron chi connectivity index (χ1n) is 5.75. The summed E-state index contributed by atoms with van der Waals surface area (Å²) in [5.41, 5.74) is 2.12. The summed E-state index contributed by atoms with van der Waals surface area (Å²) in [5.74, 6) is 1.33. The van der Waals surface area contributed by atoms with Crippen molar-refractivity contribution < 1.29 is 4.79 Å². The van der Waals surface area contributed by atoms with Crippen LogP contribution in [0.15, 0.2) is 24.3 Å². The van der Waals surface area contributed by atoms with Gasteiger partial charge in [-0.25, -0.2) is 0 Å². The summed E-state index contributed by atoms with van der Waals surface area (Å²) in [7, 11) is 0. The molecule has 88 valence electrons. The van der Waals surface area contributed by atoms with E-state index in [0.29, 0.717) is 16.9 Å². The Morgan fingerprint density at radius 2 is 1.69 bits per heavy atom. The number of carbonyl (C=O) groups excluding carboxylic acids is 1. The number of ketones is 1. The number of rotatable bonds is 5. The second-order valence-electron chi connectivity index (χ2n) is 4.56. The highest BCUT2D eigenvalue weighted by Gasteiger charge is 2.07. The molecule has 0 radical (unpaired) electrons. The van der Waals surface area contributed by atoms with Crippen molar-refractivity contribution in [3.05, 3.63) is 35.4 Å². The van der Waals surface area contributed by atoms with Gasteiger partial charge in [-0.2, -0.15) is 11.8 Å². The molecule has 0 heterocycles. The molecule has 1 aromatic carbocycles. The van der Waals surface area contributed by atoms with E-state index < -0.39 is 0 Å². The average molecular weight is 236 g/mol. The molecule has 0 spiro atoms. The van der Waals surface area contributed by atoms with Gasteiger partial charge in [-0.15, -0.1) is 0 Å². The van der Waals surface area contributed by atoms with Crippen LogP contribution in [0.5, 0.6) is 0 Å². The number of benzene rings is 1. The third-order valence-electron chi connectivity index (χ3n) is 2.45. The zero-order valence-electron chi connectivity index (χ0n) is 10.5. The number of thioether (sulfide) groups is 1. The van der Waals surface area contributed by atoms with Gasteiger partial charge in [-0.1, -0.05) is 52.0 Å². The maximum absolute atomic E-state index is 11.8. The first kappa shape index (κ1) is 13.3. The largest absolute Gasteiger partial charge is 0.293 e. The SMILES string of the molecule is CC(C)SCC(=O)c1ccc(C(C)C)cc1. The Kier molecular flexibility index (Phi) is 5.07. The van der Waals surface area contributed by atoms with E-state index in [2.05, 4.69) is 39.8 Å². The lowest BCUT2D eigenvalue weighted by Crippen LogP contribution is -2.05. The Labute approximate surface area is 103 Å². The van der Waals surface area contributed by atoms with E-state index in [9.17, 15) is 4.79 Å². The van der Waals surface area contributed by atoms with Gasteiger partial charge in [0.1, 0.15) is 0 Å². The summed E-state index contributed by atoms with van der Waals surface area (Å²) in [6.07, 6.45) is 0. The minimum absolute atomic E-state index is 0.231. The lowest BCUT2D eigenvalue weighted by molar-refractivity contribution is 0.102. The summed E-state index contributed by atoms with van der Waals surface area (Å²) in [6, 6.07) is 7.99. The van der Waals surface area contributed by atoms with Gasteiger partial charge in [0, 0.05) is 5.56 Å². The molecule has 16 heavy (non-hydrogen) atoms. The smallest absolute Gasteiger partial charge is 0.172 e. The standard InChI is InChI=1S/C14H20OS/c1-10(2)12-5-7-13(8-6-12)14(15)9-16-11(3)4/h5-8,10-11H,9H2,1-4H3. The van der Waals surface area contributed by atoms with Gasteiger partial charge in [0.15, 0.2) is 5.78 Å². The Morgan fingerprint density at radius 3 is 2.12 bits per heavy atom. The summed E-state index contributed by atoms with van der Waals surface area (Å²) in [4.78, 5) is 11.8. The van der Waals surface area contributed by atoms with E-state index in [1.165, 1.54) is 5.56 Å². The Balaban J connectivity index is 2.63. The van der Waals surface area contributed by atoms with E-state index >= 15 is 0 Å². The third-order valence-corrected chi connectivity index (χ3v) is 3.54. The predicted molar refractivity (Wildman–Crippen MR) is 72.5 cm³/mol. The average Bonchev–Trinajstić information content (AvgIpc) is 2.26. The summed E-state index contributed by atoms with van der Waals surface area (Å²) >= 11 is 1.70. The molecule has 0 saturated carbocycles. The molecule has 2 heteroatoms. The van der Waals surface area contributed by atoms with Crippen LogP contribution >= 0.6 is 11.8 Å². The molecule has 0 atom stereocenters. The van der Waals surface area contributed by atoms with Crippen LogP contribution < -0.4 is 0 Å². The molecule has 0 saturated heterocycles. The van der Waals surface area contributed by atoms with Crippen molar-refractivity contribution in [1.29, 1.82) is 0 Å². The maximum Gasteiger partial charge on any atom is 0.172 e. The molecule has 0 amide bonds. The van der Waals surface area contributed by atoms with Crippen LogP contribution in [0.1, 0.15) is 49.5 Å². The minimum atomic E-state index is 0.231. The highest BCUT2D eigenvalue weighted by molar-refractivity contribution is 8.00. The highest BCUT2D eigenvalue weighted by atomic mass is 32.2. The lowest BCUT2D eigenvalue weighted by Gasteiger charge is -2.07. The monoisotopic (exact) mass is 236 g/mol. The van der Waals surface area contributed by atoms with Gasteiger partial charge < -0.3 is 0 Å². The van der Waals surface area contributed by atoms with Crippen molar-refractivity contribution in [2.45, 2.75) is 38.9 Å². The highest BCUT2D eigenvalue weighted by Crippen LogP contribution is 2.17. The fourth-order valence-corrected chi connectivity index (χ4v) is 2.03. The predicted octanol–water partition coefficient (Wildman–Crippen LogP) is 4.13. The molecular formula is C14H20OS. The van der Waals surface area contributed by atoms with E-state index in [1.807, 2.05) is 12.1 Å². The fraction of sp³-hybridized carbons (Fsp3) is 0.500. The van der Waals surface area contributed by atoms with Crippen LogP contribution in [0.25, 0.3) is 0 Å². The van der Waals surface area contributed by atoms with Crippen molar-refractivity contribution in [2.75, 3.05) is 5.75 Å². The summed E-state index contributed by atoms with van der Waals surface area (Å²) < 4.78 is 0. The van der Waals surface area contributed by atoms with E-state index in [0.717, 1.165) is 5.56 Å². The zero-order chi connectivity index (χ0) is 12.1. The van der Waals surface area contributed by atoms with Crippen LogP contribution in [0, 0.1) is 0 Å². The van der Waals surface area contributed by atoms with Crippen LogP contribution in [0.2, 0.25) is 0 Å². The first-order valence-corrected chi connectivity index (χ1v) is 6.80. The van der Waals surface area contributed by atoms with Crippen molar-refractivity contribution in [3.63, 3.8) is 0 Å². The van der Waals surface area contributed by atoms with E-state index in [4.69, 9.17) is 0 Å². The van der Waals surface area contributed by atoms with Gasteiger partial charge in [0.05, 0.1) is 5.75 Å². The number of hydrogen-bond acceptors (Lipinski definition) is 2. The molecule has 1 rings (SSSR count). The number of Topliss-reactive ketones (excluding diaryl/α,β-unsaturated/α-hetero) is 1. The fourth-order valence-electron chi connectivity index (χ4n) is 1.38.